The molecule has 88 valence electrons. The summed E-state index contributed by atoms with van der Waals surface area (Å²) in [4.78, 5) is 0. The molecule has 0 atom stereocenters. The van der Waals surface area contributed by atoms with Gasteiger partial charge in [-0.05, 0) is 24.6 Å². The predicted octanol–water partition coefficient (Wildman–Crippen LogP) is 3.37. The van der Waals surface area contributed by atoms with Gasteiger partial charge in [0.15, 0.2) is 0 Å². The first kappa shape index (κ1) is 13.1. The van der Waals surface area contributed by atoms with Gasteiger partial charge in [0.2, 0.25) is 0 Å². The molecule has 16 heavy (non-hydrogen) atoms. The maximum absolute atomic E-state index is 5.89. The Balaban J connectivity index is 2.18. The molecule has 3 heteroatoms. The number of nitrogens with one attached hydrogen (secondary N) is 1. The fourth-order valence-electron chi connectivity index (χ4n) is 1.38. The molecule has 0 aliphatic heterocycles. The van der Waals surface area contributed by atoms with E-state index in [0.29, 0.717) is 6.61 Å². The van der Waals surface area contributed by atoms with Gasteiger partial charge in [-0.1, -0.05) is 30.3 Å². The Kier molecular flexibility index (Phi) is 5.98. The minimum atomic E-state index is 0.688. The van der Waals surface area contributed by atoms with Crippen LogP contribution in [0.25, 0.3) is 0 Å². The van der Waals surface area contributed by atoms with E-state index in [9.17, 15) is 0 Å². The molecule has 1 aromatic rings. The van der Waals surface area contributed by atoms with Gasteiger partial charge in [-0.15, -0.1) is 0 Å². The van der Waals surface area contributed by atoms with E-state index in [-0.39, 0.29) is 0 Å². The topological polar surface area (TPSA) is 21.3 Å². The summed E-state index contributed by atoms with van der Waals surface area (Å²) in [5, 5.41) is 4.09. The third-order valence-electron chi connectivity index (χ3n) is 2.15. The van der Waals surface area contributed by atoms with Crippen molar-refractivity contribution >= 4 is 11.6 Å². The lowest BCUT2D eigenvalue weighted by Crippen LogP contribution is -2.15. The zero-order valence-electron chi connectivity index (χ0n) is 9.63. The lowest BCUT2D eigenvalue weighted by Gasteiger charge is -2.08. The minimum Gasteiger partial charge on any atom is -0.499 e. The molecule has 0 amide bonds. The van der Waals surface area contributed by atoms with Crippen LogP contribution >= 0.6 is 11.6 Å². The minimum absolute atomic E-state index is 0.688. The van der Waals surface area contributed by atoms with Crippen LogP contribution in [0, 0.1) is 0 Å². The second-order valence-corrected chi connectivity index (χ2v) is 3.96. The highest BCUT2D eigenvalue weighted by atomic mass is 35.5. The summed E-state index contributed by atoms with van der Waals surface area (Å²) in [6.07, 6.45) is 0.842. The Bertz CT molecular complexity index is 338. The smallest absolute Gasteiger partial charge is 0.0900 e. The lowest BCUT2D eigenvalue weighted by molar-refractivity contribution is 0.219. The molecule has 0 bridgehead atoms. The van der Waals surface area contributed by atoms with E-state index in [0.717, 1.165) is 30.3 Å². The number of ether oxygens (including phenoxy) is 1. The number of hydrogen-bond donors (Lipinski definition) is 1. The van der Waals surface area contributed by atoms with Crippen molar-refractivity contribution in [1.82, 2.24) is 5.32 Å². The van der Waals surface area contributed by atoms with Crippen molar-refractivity contribution in [1.29, 1.82) is 0 Å². The standard InChI is InChI=1S/C13H18ClNO/c1-3-16-11(2)7-8-15-10-12-5-4-6-13(14)9-12/h4-6,9,15H,2-3,7-8,10H2,1H3. The van der Waals surface area contributed by atoms with Crippen molar-refractivity contribution in [3.63, 3.8) is 0 Å². The molecule has 0 heterocycles. The van der Waals surface area contributed by atoms with Crippen LogP contribution in [0.1, 0.15) is 18.9 Å². The number of rotatable bonds is 7. The van der Waals surface area contributed by atoms with Crippen LogP contribution < -0.4 is 5.32 Å². The van der Waals surface area contributed by atoms with E-state index in [1.54, 1.807) is 0 Å². The quantitative estimate of drug-likeness (QED) is 0.582. The van der Waals surface area contributed by atoms with Crippen LogP contribution in [-0.2, 0) is 11.3 Å². The number of hydrogen-bond acceptors (Lipinski definition) is 2. The summed E-state index contributed by atoms with van der Waals surface area (Å²) in [5.74, 6) is 0.834. The fraction of sp³-hybridized carbons (Fsp3) is 0.385. The van der Waals surface area contributed by atoms with Crippen LogP contribution in [-0.4, -0.2) is 13.2 Å². The number of halogens is 1. The molecule has 0 fully saturated rings. The molecule has 1 aromatic carbocycles. The largest absolute Gasteiger partial charge is 0.499 e. The maximum Gasteiger partial charge on any atom is 0.0900 e. The molecule has 0 saturated heterocycles. The van der Waals surface area contributed by atoms with Crippen molar-refractivity contribution in [2.45, 2.75) is 19.9 Å². The zero-order valence-corrected chi connectivity index (χ0v) is 10.4. The number of benzene rings is 1. The predicted molar refractivity (Wildman–Crippen MR) is 68.5 cm³/mol. The summed E-state index contributed by atoms with van der Waals surface area (Å²) in [6, 6.07) is 7.85. The van der Waals surface area contributed by atoms with Gasteiger partial charge in [-0.3, -0.25) is 0 Å². The molecule has 1 rings (SSSR count). The highest BCUT2D eigenvalue weighted by molar-refractivity contribution is 6.30. The van der Waals surface area contributed by atoms with E-state index >= 15 is 0 Å². The summed E-state index contributed by atoms with van der Waals surface area (Å²) in [6.45, 7) is 8.16. The van der Waals surface area contributed by atoms with Gasteiger partial charge in [-0.2, -0.15) is 0 Å². The van der Waals surface area contributed by atoms with Gasteiger partial charge in [0.1, 0.15) is 0 Å². The van der Waals surface area contributed by atoms with Crippen LogP contribution in [0.2, 0.25) is 5.02 Å². The third kappa shape index (κ3) is 5.19. The second-order valence-electron chi connectivity index (χ2n) is 3.53. The van der Waals surface area contributed by atoms with Crippen molar-refractivity contribution < 1.29 is 4.74 Å². The molecular formula is C13H18ClNO. The highest BCUT2D eigenvalue weighted by Gasteiger charge is 1.96. The molecule has 0 aliphatic carbocycles. The van der Waals surface area contributed by atoms with Gasteiger partial charge >= 0.3 is 0 Å². The van der Waals surface area contributed by atoms with Crippen LogP contribution in [0.3, 0.4) is 0 Å². The molecule has 0 spiro atoms. The van der Waals surface area contributed by atoms with E-state index in [1.165, 1.54) is 5.56 Å². The van der Waals surface area contributed by atoms with Gasteiger partial charge < -0.3 is 10.1 Å². The molecule has 0 aromatic heterocycles. The summed E-state index contributed by atoms with van der Waals surface area (Å²) in [5.41, 5.74) is 1.19. The van der Waals surface area contributed by atoms with E-state index in [4.69, 9.17) is 16.3 Å². The van der Waals surface area contributed by atoms with Gasteiger partial charge in [-0.25, -0.2) is 0 Å². The Morgan fingerprint density at radius 3 is 3.00 bits per heavy atom. The van der Waals surface area contributed by atoms with Gasteiger partial charge in [0.25, 0.3) is 0 Å². The normalized spacial score (nSPS) is 10.1. The van der Waals surface area contributed by atoms with Crippen molar-refractivity contribution in [2.24, 2.45) is 0 Å². The second kappa shape index (κ2) is 7.31. The van der Waals surface area contributed by atoms with Crippen LogP contribution in [0.5, 0.6) is 0 Å². The average Bonchev–Trinajstić information content (AvgIpc) is 2.25. The Labute approximate surface area is 102 Å². The third-order valence-corrected chi connectivity index (χ3v) is 2.38. The van der Waals surface area contributed by atoms with Gasteiger partial charge in [0, 0.05) is 24.5 Å². The molecule has 0 unspecified atom stereocenters. The van der Waals surface area contributed by atoms with Crippen LogP contribution in [0.15, 0.2) is 36.6 Å². The molecular weight excluding hydrogens is 222 g/mol. The highest BCUT2D eigenvalue weighted by Crippen LogP contribution is 2.10. The van der Waals surface area contributed by atoms with Crippen molar-refractivity contribution in [3.8, 4) is 0 Å². The Morgan fingerprint density at radius 1 is 1.50 bits per heavy atom. The Hall–Kier alpha value is -0.990. The summed E-state index contributed by atoms with van der Waals surface area (Å²) >= 11 is 5.89. The van der Waals surface area contributed by atoms with E-state index in [2.05, 4.69) is 18.0 Å². The fourth-order valence-corrected chi connectivity index (χ4v) is 1.60. The van der Waals surface area contributed by atoms with E-state index < -0.39 is 0 Å². The van der Waals surface area contributed by atoms with Crippen molar-refractivity contribution in [3.05, 3.63) is 47.2 Å². The first-order valence-corrected chi connectivity index (χ1v) is 5.86. The molecule has 2 nitrogen and oxygen atoms in total. The molecule has 0 radical (unpaired) electrons. The first-order chi connectivity index (χ1) is 7.72. The van der Waals surface area contributed by atoms with Gasteiger partial charge in [0.05, 0.1) is 12.4 Å². The Morgan fingerprint density at radius 2 is 2.31 bits per heavy atom. The maximum atomic E-state index is 5.89. The molecule has 0 saturated carbocycles. The molecule has 1 N–H and O–H groups in total. The monoisotopic (exact) mass is 239 g/mol. The first-order valence-electron chi connectivity index (χ1n) is 5.48. The SMILES string of the molecule is C=C(CCNCc1cccc(Cl)c1)OCC. The lowest BCUT2D eigenvalue weighted by atomic mass is 10.2. The van der Waals surface area contributed by atoms with Crippen molar-refractivity contribution in [2.75, 3.05) is 13.2 Å². The summed E-state index contributed by atoms with van der Waals surface area (Å²) in [7, 11) is 0. The van der Waals surface area contributed by atoms with Crippen LogP contribution in [0.4, 0.5) is 0 Å². The zero-order chi connectivity index (χ0) is 11.8. The molecule has 0 aliphatic rings. The summed E-state index contributed by atoms with van der Waals surface area (Å²) < 4.78 is 5.26. The average molecular weight is 240 g/mol. The van der Waals surface area contributed by atoms with E-state index in [1.807, 2.05) is 25.1 Å².